The third-order valence-corrected chi connectivity index (χ3v) is 5.11. The summed E-state index contributed by atoms with van der Waals surface area (Å²) in [7, 11) is 3.72. The van der Waals surface area contributed by atoms with E-state index in [2.05, 4.69) is 24.1 Å². The van der Waals surface area contributed by atoms with Crippen molar-refractivity contribution in [1.29, 1.82) is 0 Å². The van der Waals surface area contributed by atoms with Gasteiger partial charge in [0, 0.05) is 18.9 Å². The van der Waals surface area contributed by atoms with Gasteiger partial charge in [-0.15, -0.1) is 0 Å². The lowest BCUT2D eigenvalue weighted by Crippen LogP contribution is -2.48. The topological polar surface area (TPSA) is 60.2 Å². The van der Waals surface area contributed by atoms with Crippen molar-refractivity contribution in [1.82, 2.24) is 10.3 Å². The zero-order chi connectivity index (χ0) is 15.7. The fourth-order valence-electron chi connectivity index (χ4n) is 3.36. The number of rotatable bonds is 4. The highest BCUT2D eigenvalue weighted by molar-refractivity contribution is 6.30. The van der Waals surface area contributed by atoms with E-state index in [1.54, 1.807) is 13.3 Å². The Morgan fingerprint density at radius 2 is 1.95 bits per heavy atom. The lowest BCUT2D eigenvalue weighted by molar-refractivity contribution is -0.0861. The van der Waals surface area contributed by atoms with Gasteiger partial charge in [0.15, 0.2) is 0 Å². The van der Waals surface area contributed by atoms with Crippen LogP contribution in [0.1, 0.15) is 51.1 Å². The summed E-state index contributed by atoms with van der Waals surface area (Å²) in [5, 5.41) is 3.97. The number of nitrogens with one attached hydrogen (secondary N) is 1. The first-order valence-electron chi connectivity index (χ1n) is 7.47. The Kier molecular flexibility index (Phi) is 4.81. The summed E-state index contributed by atoms with van der Waals surface area (Å²) < 4.78 is 5.99. The van der Waals surface area contributed by atoms with Gasteiger partial charge in [-0.05, 0) is 44.2 Å². The summed E-state index contributed by atoms with van der Waals surface area (Å²) in [6.07, 6.45) is 5.83. The van der Waals surface area contributed by atoms with Gasteiger partial charge in [0.25, 0.3) is 0 Å². The highest BCUT2D eigenvalue weighted by atomic mass is 35.5. The molecule has 1 fully saturated rings. The number of hydrogen-bond donors (Lipinski definition) is 2. The van der Waals surface area contributed by atoms with Crippen LogP contribution in [0.4, 0.5) is 5.82 Å². The number of aromatic nitrogens is 1. The lowest BCUT2D eigenvalue weighted by atomic mass is 9.67. The van der Waals surface area contributed by atoms with Crippen molar-refractivity contribution in [2.75, 3.05) is 19.9 Å². The third-order valence-electron chi connectivity index (χ3n) is 4.90. The van der Waals surface area contributed by atoms with Crippen LogP contribution in [0.5, 0.6) is 0 Å². The molecular weight excluding hydrogens is 286 g/mol. The second-order valence-electron chi connectivity index (χ2n) is 6.78. The maximum atomic E-state index is 6.10. The number of nitrogens with zero attached hydrogens (tertiary/aromatic N) is 1. The van der Waals surface area contributed by atoms with E-state index < -0.39 is 0 Å². The van der Waals surface area contributed by atoms with Crippen molar-refractivity contribution in [3.63, 3.8) is 0 Å². The van der Waals surface area contributed by atoms with Gasteiger partial charge in [0.1, 0.15) is 5.82 Å². The maximum absolute atomic E-state index is 6.10. The summed E-state index contributed by atoms with van der Waals surface area (Å²) >= 11 is 6.10. The number of methoxy groups -OCH3 is 1. The molecule has 0 bridgehead atoms. The number of hydrogen-bond acceptors (Lipinski definition) is 4. The van der Waals surface area contributed by atoms with E-state index >= 15 is 0 Å². The molecule has 118 valence electrons. The van der Waals surface area contributed by atoms with Crippen LogP contribution in [-0.4, -0.2) is 24.7 Å². The van der Waals surface area contributed by atoms with Gasteiger partial charge in [-0.3, -0.25) is 0 Å². The quantitative estimate of drug-likeness (QED) is 0.892. The fourth-order valence-corrected chi connectivity index (χ4v) is 3.53. The average Bonchev–Trinajstić information content (AvgIpc) is 2.45. The summed E-state index contributed by atoms with van der Waals surface area (Å²) in [4.78, 5) is 4.19. The molecule has 1 unspecified atom stereocenters. The zero-order valence-electron chi connectivity index (χ0n) is 13.4. The number of nitrogen functional groups attached to an aromatic ring is 1. The maximum Gasteiger partial charge on any atom is 0.128 e. The van der Waals surface area contributed by atoms with Crippen molar-refractivity contribution in [3.8, 4) is 0 Å². The molecule has 2 rings (SSSR count). The predicted molar refractivity (Wildman–Crippen MR) is 87.4 cm³/mol. The van der Waals surface area contributed by atoms with E-state index in [0.29, 0.717) is 16.3 Å². The summed E-state index contributed by atoms with van der Waals surface area (Å²) in [6.45, 7) is 4.63. The fraction of sp³-hybridized carbons (Fsp3) is 0.688. The van der Waals surface area contributed by atoms with Crippen molar-refractivity contribution in [3.05, 3.63) is 22.8 Å². The molecule has 1 saturated carbocycles. The van der Waals surface area contributed by atoms with Gasteiger partial charge < -0.3 is 15.8 Å². The second kappa shape index (κ2) is 6.11. The molecule has 0 radical (unpaired) electrons. The average molecular weight is 312 g/mol. The lowest BCUT2D eigenvalue weighted by Gasteiger charge is -2.47. The minimum atomic E-state index is -0.259. The second-order valence-corrected chi connectivity index (χ2v) is 7.22. The Labute approximate surface area is 132 Å². The van der Waals surface area contributed by atoms with Crippen molar-refractivity contribution in [2.45, 2.75) is 51.2 Å². The molecule has 1 aromatic heterocycles. The molecule has 0 aromatic carbocycles. The number of halogens is 1. The smallest absolute Gasteiger partial charge is 0.128 e. The number of nitrogens with two attached hydrogens (primary N) is 1. The van der Waals surface area contributed by atoms with Gasteiger partial charge in [0.2, 0.25) is 0 Å². The molecule has 1 atom stereocenters. The van der Waals surface area contributed by atoms with E-state index in [-0.39, 0.29) is 11.6 Å². The molecule has 4 nitrogen and oxygen atoms in total. The highest BCUT2D eigenvalue weighted by Gasteiger charge is 2.45. The third kappa shape index (κ3) is 3.33. The van der Waals surface area contributed by atoms with E-state index in [1.165, 1.54) is 0 Å². The van der Waals surface area contributed by atoms with Gasteiger partial charge in [-0.1, -0.05) is 25.4 Å². The van der Waals surface area contributed by atoms with Crippen molar-refractivity contribution < 1.29 is 4.74 Å². The molecule has 3 N–H and O–H groups in total. The first-order valence-corrected chi connectivity index (χ1v) is 7.85. The van der Waals surface area contributed by atoms with E-state index in [1.807, 2.05) is 13.1 Å². The summed E-state index contributed by atoms with van der Waals surface area (Å²) in [5.41, 5.74) is 7.11. The normalized spacial score (nSPS) is 22.0. The van der Waals surface area contributed by atoms with Gasteiger partial charge >= 0.3 is 0 Å². The minimum absolute atomic E-state index is 0.00944. The first kappa shape index (κ1) is 16.5. The van der Waals surface area contributed by atoms with Crippen LogP contribution in [0.3, 0.4) is 0 Å². The van der Waals surface area contributed by atoms with Gasteiger partial charge in [-0.2, -0.15) is 0 Å². The predicted octanol–water partition coefficient (Wildman–Crippen LogP) is 3.56. The van der Waals surface area contributed by atoms with E-state index in [0.717, 1.165) is 31.2 Å². The van der Waals surface area contributed by atoms with Crippen LogP contribution in [0, 0.1) is 5.41 Å². The molecule has 0 spiro atoms. The first-order chi connectivity index (χ1) is 9.83. The standard InChI is InChI=1S/C16H26ClN3O/c1-15(2)5-7-16(21-4,8-6-15)13(19-3)12-9-11(17)10-20-14(12)18/h9-10,13,19H,5-8H2,1-4H3,(H2,18,20). The Bertz CT molecular complexity index is 494. The van der Waals surface area contributed by atoms with Crippen LogP contribution in [0.25, 0.3) is 0 Å². The number of likely N-dealkylation sites (N-methyl/N-ethyl adjacent to an activating group) is 1. The van der Waals surface area contributed by atoms with Gasteiger partial charge in [-0.25, -0.2) is 4.98 Å². The van der Waals surface area contributed by atoms with Crippen LogP contribution in [-0.2, 0) is 4.74 Å². The van der Waals surface area contributed by atoms with E-state index in [9.17, 15) is 0 Å². The van der Waals surface area contributed by atoms with E-state index in [4.69, 9.17) is 22.1 Å². The van der Waals surface area contributed by atoms with Crippen LogP contribution < -0.4 is 11.1 Å². The Morgan fingerprint density at radius 3 is 2.48 bits per heavy atom. The molecule has 5 heteroatoms. The molecule has 21 heavy (non-hydrogen) atoms. The molecule has 0 aliphatic heterocycles. The molecule has 1 aromatic rings. The molecule has 0 amide bonds. The molecule has 1 aliphatic rings. The highest BCUT2D eigenvalue weighted by Crippen LogP contribution is 2.48. The zero-order valence-corrected chi connectivity index (χ0v) is 14.1. The molecule has 1 heterocycles. The summed E-state index contributed by atoms with van der Waals surface area (Å²) in [5.74, 6) is 0.514. The van der Waals surface area contributed by atoms with Gasteiger partial charge in [0.05, 0.1) is 16.7 Å². The van der Waals surface area contributed by atoms with Crippen LogP contribution >= 0.6 is 11.6 Å². The summed E-state index contributed by atoms with van der Waals surface area (Å²) in [6, 6.07) is 1.88. The minimum Gasteiger partial charge on any atom is -0.383 e. The monoisotopic (exact) mass is 311 g/mol. The van der Waals surface area contributed by atoms with Crippen molar-refractivity contribution >= 4 is 17.4 Å². The molecular formula is C16H26ClN3O. The number of ether oxygens (including phenoxy) is 1. The van der Waals surface area contributed by atoms with Crippen LogP contribution in [0.2, 0.25) is 5.02 Å². The largest absolute Gasteiger partial charge is 0.383 e. The Morgan fingerprint density at radius 1 is 1.33 bits per heavy atom. The molecule has 0 saturated heterocycles. The number of pyridine rings is 1. The number of anilines is 1. The Balaban J connectivity index is 2.36. The molecule has 1 aliphatic carbocycles. The van der Waals surface area contributed by atoms with Crippen molar-refractivity contribution in [2.24, 2.45) is 5.41 Å². The van der Waals surface area contributed by atoms with Crippen LogP contribution in [0.15, 0.2) is 12.3 Å². The SMILES string of the molecule is CNC(c1cc(Cl)cnc1N)C1(OC)CCC(C)(C)CC1. The Hall–Kier alpha value is -0.840.